The Balaban J connectivity index is 1.87. The number of sulfonamides is 1. The lowest BCUT2D eigenvalue weighted by atomic mass is 9.88. The highest BCUT2D eigenvalue weighted by atomic mass is 35.5. The van der Waals surface area contributed by atoms with Gasteiger partial charge in [0.1, 0.15) is 18.2 Å². The maximum absolute atomic E-state index is 14.3. The van der Waals surface area contributed by atoms with Crippen molar-refractivity contribution in [2.45, 2.75) is 50.5 Å². The highest BCUT2D eigenvalue weighted by Gasteiger charge is 2.48. The third-order valence-corrected chi connectivity index (χ3v) is 7.90. The lowest BCUT2D eigenvalue weighted by Crippen LogP contribution is -2.59. The molecule has 8 nitrogen and oxygen atoms in total. The SMILES string of the molecule is CCC[C@H](C(=O)NS(C)(=O)=O)N1C(=O)[C@H](Cc2ccc(C#N)cc2)OC(c2ccc(Cl)cc2)C1c1ccc(Cl)cc1. The first-order valence-electron chi connectivity index (χ1n) is 13.0. The Morgan fingerprint density at radius 1 is 1.00 bits per heavy atom. The second kappa shape index (κ2) is 13.0. The number of hydrogen-bond donors (Lipinski definition) is 1. The number of benzene rings is 3. The smallest absolute Gasteiger partial charge is 0.256 e. The Hall–Kier alpha value is -3.42. The van der Waals surface area contributed by atoms with E-state index in [0.717, 1.165) is 17.4 Å². The van der Waals surface area contributed by atoms with Crippen LogP contribution < -0.4 is 4.72 Å². The lowest BCUT2D eigenvalue weighted by molar-refractivity contribution is -0.181. The third-order valence-electron chi connectivity index (χ3n) is 6.83. The van der Waals surface area contributed by atoms with Crippen LogP contribution in [0.15, 0.2) is 72.8 Å². The van der Waals surface area contributed by atoms with E-state index < -0.39 is 46.1 Å². The number of nitrogens with one attached hydrogen (secondary N) is 1. The van der Waals surface area contributed by atoms with E-state index in [1.165, 1.54) is 4.90 Å². The van der Waals surface area contributed by atoms with Gasteiger partial charge in [0.15, 0.2) is 0 Å². The van der Waals surface area contributed by atoms with Crippen molar-refractivity contribution < 1.29 is 22.7 Å². The molecule has 4 atom stereocenters. The summed E-state index contributed by atoms with van der Waals surface area (Å²) >= 11 is 12.4. The zero-order chi connectivity index (χ0) is 29.7. The number of nitriles is 1. The molecule has 4 rings (SSSR count). The van der Waals surface area contributed by atoms with Gasteiger partial charge in [-0.3, -0.25) is 14.3 Å². The molecule has 1 fully saturated rings. The van der Waals surface area contributed by atoms with E-state index in [-0.39, 0.29) is 12.8 Å². The highest BCUT2D eigenvalue weighted by molar-refractivity contribution is 7.89. The molecule has 1 aliphatic rings. The largest absolute Gasteiger partial charge is 0.358 e. The zero-order valence-corrected chi connectivity index (χ0v) is 24.8. The molecule has 1 heterocycles. The van der Waals surface area contributed by atoms with Gasteiger partial charge in [0.25, 0.3) is 11.8 Å². The van der Waals surface area contributed by atoms with E-state index in [9.17, 15) is 23.3 Å². The summed E-state index contributed by atoms with van der Waals surface area (Å²) in [6.07, 6.45) is 0.0540. The van der Waals surface area contributed by atoms with Gasteiger partial charge in [-0.1, -0.05) is 72.9 Å². The maximum atomic E-state index is 14.3. The second-order valence-electron chi connectivity index (χ2n) is 9.89. The van der Waals surface area contributed by atoms with E-state index in [4.69, 9.17) is 27.9 Å². The van der Waals surface area contributed by atoms with Crippen LogP contribution in [-0.4, -0.2) is 43.5 Å². The van der Waals surface area contributed by atoms with Crippen molar-refractivity contribution in [3.63, 3.8) is 0 Å². The number of carbonyl (C=O) groups is 2. The molecule has 214 valence electrons. The average molecular weight is 615 g/mol. The molecule has 1 N–H and O–H groups in total. The molecular weight excluding hydrogens is 585 g/mol. The van der Waals surface area contributed by atoms with Crippen molar-refractivity contribution in [3.8, 4) is 6.07 Å². The van der Waals surface area contributed by atoms with E-state index >= 15 is 0 Å². The van der Waals surface area contributed by atoms with Gasteiger partial charge in [0.05, 0.1) is 23.9 Å². The molecule has 1 saturated heterocycles. The minimum Gasteiger partial charge on any atom is -0.358 e. The van der Waals surface area contributed by atoms with Crippen LogP contribution in [0.2, 0.25) is 10.0 Å². The van der Waals surface area contributed by atoms with Gasteiger partial charge in [-0.2, -0.15) is 5.26 Å². The van der Waals surface area contributed by atoms with Crippen molar-refractivity contribution in [3.05, 3.63) is 105 Å². The molecule has 1 aliphatic heterocycles. The fourth-order valence-corrected chi connectivity index (χ4v) is 5.75. The quantitative estimate of drug-likeness (QED) is 0.347. The monoisotopic (exact) mass is 613 g/mol. The summed E-state index contributed by atoms with van der Waals surface area (Å²) in [5.41, 5.74) is 2.62. The predicted octanol–water partition coefficient (Wildman–Crippen LogP) is 5.36. The first-order valence-corrected chi connectivity index (χ1v) is 15.6. The van der Waals surface area contributed by atoms with Gasteiger partial charge in [-0.15, -0.1) is 0 Å². The molecule has 0 aliphatic carbocycles. The van der Waals surface area contributed by atoms with E-state index in [0.29, 0.717) is 27.6 Å². The molecule has 41 heavy (non-hydrogen) atoms. The molecule has 0 aromatic heterocycles. The summed E-state index contributed by atoms with van der Waals surface area (Å²) in [4.78, 5) is 29.2. The fraction of sp³-hybridized carbons (Fsp3) is 0.300. The normalized spacial score (nSPS) is 19.8. The van der Waals surface area contributed by atoms with Gasteiger partial charge in [-0.05, 0) is 59.5 Å². The summed E-state index contributed by atoms with van der Waals surface area (Å²) in [5, 5.41) is 10.2. The molecule has 0 radical (unpaired) electrons. The van der Waals surface area contributed by atoms with Gasteiger partial charge in [-0.25, -0.2) is 8.42 Å². The van der Waals surface area contributed by atoms with Gasteiger partial charge in [0, 0.05) is 16.5 Å². The number of ether oxygens (including phenoxy) is 1. The summed E-state index contributed by atoms with van der Waals surface area (Å²) in [7, 11) is -3.90. The Labute approximate surface area is 249 Å². The molecule has 11 heteroatoms. The molecule has 3 aromatic rings. The molecule has 2 unspecified atom stereocenters. The number of carbonyl (C=O) groups excluding carboxylic acids is 2. The average Bonchev–Trinajstić information content (AvgIpc) is 2.93. The topological polar surface area (TPSA) is 117 Å². The number of nitrogens with zero attached hydrogens (tertiary/aromatic N) is 2. The lowest BCUT2D eigenvalue weighted by Gasteiger charge is -2.47. The van der Waals surface area contributed by atoms with Crippen LogP contribution in [0.25, 0.3) is 0 Å². The molecule has 0 spiro atoms. The van der Waals surface area contributed by atoms with Gasteiger partial charge < -0.3 is 9.64 Å². The minimum atomic E-state index is -3.90. The number of amides is 2. The van der Waals surface area contributed by atoms with E-state index in [1.54, 1.807) is 72.8 Å². The van der Waals surface area contributed by atoms with Crippen LogP contribution in [0.1, 0.15) is 54.2 Å². The summed E-state index contributed by atoms with van der Waals surface area (Å²) in [5.74, 6) is -1.25. The summed E-state index contributed by atoms with van der Waals surface area (Å²) in [6, 6.07) is 20.9. The van der Waals surface area contributed by atoms with Gasteiger partial charge in [0.2, 0.25) is 10.0 Å². The van der Waals surface area contributed by atoms with Crippen molar-refractivity contribution in [2.75, 3.05) is 6.26 Å². The molecule has 2 amide bonds. The van der Waals surface area contributed by atoms with Crippen molar-refractivity contribution >= 4 is 45.0 Å². The van der Waals surface area contributed by atoms with Crippen LogP contribution >= 0.6 is 23.2 Å². The molecule has 0 saturated carbocycles. The Bertz CT molecular complexity index is 1540. The van der Waals surface area contributed by atoms with Crippen LogP contribution in [0.4, 0.5) is 0 Å². The number of halogens is 2. The molecule has 0 bridgehead atoms. The summed E-state index contributed by atoms with van der Waals surface area (Å²) in [6.45, 7) is 1.86. The van der Waals surface area contributed by atoms with E-state index in [2.05, 4.69) is 10.8 Å². The first-order chi connectivity index (χ1) is 19.5. The second-order valence-corrected chi connectivity index (χ2v) is 12.5. The summed E-state index contributed by atoms with van der Waals surface area (Å²) < 4.78 is 32.7. The number of morpholine rings is 1. The molecular formula is C30H29Cl2N3O5S. The number of hydrogen-bond acceptors (Lipinski definition) is 6. The maximum Gasteiger partial charge on any atom is 0.256 e. The predicted molar refractivity (Wildman–Crippen MR) is 157 cm³/mol. The van der Waals surface area contributed by atoms with Crippen molar-refractivity contribution in [1.29, 1.82) is 5.26 Å². The fourth-order valence-electron chi connectivity index (χ4n) is 5.00. The Morgan fingerprint density at radius 2 is 1.56 bits per heavy atom. The van der Waals surface area contributed by atoms with Crippen LogP contribution in [0.5, 0.6) is 0 Å². The standard InChI is InChI=1S/C30H29Cl2N3O5S/c1-3-4-25(29(36)34-41(2,38)39)35-27(21-9-13-23(31)14-10-21)28(22-11-15-24(32)16-12-22)40-26(30(35)37)17-19-5-7-20(18-33)8-6-19/h5-16,25-28H,3-4,17H2,1-2H3,(H,34,36)/t25-,26+,27?,28?/m1/s1. The van der Waals surface area contributed by atoms with Crippen molar-refractivity contribution in [2.24, 2.45) is 0 Å². The Morgan fingerprint density at radius 3 is 2.07 bits per heavy atom. The van der Waals surface area contributed by atoms with Gasteiger partial charge >= 0.3 is 0 Å². The minimum absolute atomic E-state index is 0.172. The van der Waals surface area contributed by atoms with Crippen molar-refractivity contribution in [1.82, 2.24) is 9.62 Å². The van der Waals surface area contributed by atoms with Crippen LogP contribution in [-0.2, 0) is 30.8 Å². The van der Waals surface area contributed by atoms with Crippen LogP contribution in [0, 0.1) is 11.3 Å². The highest BCUT2D eigenvalue weighted by Crippen LogP contribution is 2.44. The first kappa shape index (κ1) is 30.5. The number of rotatable bonds is 9. The Kier molecular flexibility index (Phi) is 9.72. The third kappa shape index (κ3) is 7.46. The zero-order valence-electron chi connectivity index (χ0n) is 22.5. The van der Waals surface area contributed by atoms with Crippen LogP contribution in [0.3, 0.4) is 0 Å². The van der Waals surface area contributed by atoms with E-state index in [1.807, 2.05) is 6.92 Å². The molecule has 3 aromatic carbocycles.